The number of piperidine rings is 1. The highest BCUT2D eigenvalue weighted by molar-refractivity contribution is 14.0. The van der Waals surface area contributed by atoms with E-state index in [9.17, 15) is 8.42 Å². The van der Waals surface area contributed by atoms with Gasteiger partial charge in [0.25, 0.3) is 0 Å². The van der Waals surface area contributed by atoms with Crippen molar-refractivity contribution in [1.82, 2.24) is 10.6 Å². The zero-order chi connectivity index (χ0) is 19.5. The molecule has 28 heavy (non-hydrogen) atoms. The maximum Gasteiger partial charge on any atom is 0.191 e. The lowest BCUT2D eigenvalue weighted by molar-refractivity contribution is 0.157. The van der Waals surface area contributed by atoms with Crippen molar-refractivity contribution >= 4 is 45.5 Å². The van der Waals surface area contributed by atoms with Crippen LogP contribution in [0.5, 0.6) is 0 Å². The lowest BCUT2D eigenvalue weighted by atomic mass is 10.0. The molecule has 2 N–H and O–H groups in total. The van der Waals surface area contributed by atoms with E-state index in [4.69, 9.17) is 4.74 Å². The number of benzene rings is 1. The summed E-state index contributed by atoms with van der Waals surface area (Å²) in [6.45, 7) is 6.02. The van der Waals surface area contributed by atoms with E-state index in [0.717, 1.165) is 38.4 Å². The van der Waals surface area contributed by atoms with Crippen molar-refractivity contribution < 1.29 is 13.2 Å². The summed E-state index contributed by atoms with van der Waals surface area (Å²) in [4.78, 5) is 6.94. The van der Waals surface area contributed by atoms with Crippen LogP contribution in [-0.2, 0) is 14.6 Å². The molecule has 1 aromatic carbocycles. The molecule has 0 spiro atoms. The summed E-state index contributed by atoms with van der Waals surface area (Å²) in [5, 5.41) is 6.77. The molecule has 0 aliphatic carbocycles. The fraction of sp³-hybridized carbons (Fsp3) is 0.632. The smallest absolute Gasteiger partial charge is 0.191 e. The highest BCUT2D eigenvalue weighted by Gasteiger charge is 2.20. The molecular weight excluding hydrogens is 491 g/mol. The molecule has 1 aromatic rings. The Morgan fingerprint density at radius 2 is 1.89 bits per heavy atom. The van der Waals surface area contributed by atoms with Crippen molar-refractivity contribution in [2.75, 3.05) is 56.3 Å². The van der Waals surface area contributed by atoms with E-state index >= 15 is 0 Å². The standard InChI is InChI=1S/C19H32N4O3S.HI/c1-3-20-19(21-11-14-26-15-16-27(2,24)25)22-17-9-12-23(13-10-17)18-7-5-4-6-8-18;/h4-8,17H,3,9-16H2,1-2H3,(H2,20,21,22);1H. The van der Waals surface area contributed by atoms with Gasteiger partial charge in [0.05, 0.1) is 25.5 Å². The first kappa shape index (κ1) is 25.0. The summed E-state index contributed by atoms with van der Waals surface area (Å²) < 4.78 is 27.5. The molecule has 160 valence electrons. The highest BCUT2D eigenvalue weighted by atomic mass is 127. The summed E-state index contributed by atoms with van der Waals surface area (Å²) in [7, 11) is -2.97. The second-order valence-electron chi connectivity index (χ2n) is 6.74. The van der Waals surface area contributed by atoms with Crippen LogP contribution in [0.25, 0.3) is 0 Å². The van der Waals surface area contributed by atoms with Gasteiger partial charge in [-0.15, -0.1) is 24.0 Å². The maximum absolute atomic E-state index is 11.1. The molecule has 0 atom stereocenters. The summed E-state index contributed by atoms with van der Waals surface area (Å²) in [6, 6.07) is 10.9. The number of halogens is 1. The molecule has 0 saturated carbocycles. The van der Waals surface area contributed by atoms with Gasteiger partial charge < -0.3 is 20.3 Å². The van der Waals surface area contributed by atoms with Crippen molar-refractivity contribution in [2.45, 2.75) is 25.8 Å². The Labute approximate surface area is 186 Å². The van der Waals surface area contributed by atoms with E-state index < -0.39 is 9.84 Å². The second kappa shape index (κ2) is 13.2. The summed E-state index contributed by atoms with van der Waals surface area (Å²) in [6.07, 6.45) is 3.33. The molecule has 1 heterocycles. The summed E-state index contributed by atoms with van der Waals surface area (Å²) in [5.74, 6) is 0.844. The van der Waals surface area contributed by atoms with Crippen molar-refractivity contribution in [3.63, 3.8) is 0 Å². The maximum atomic E-state index is 11.1. The van der Waals surface area contributed by atoms with Gasteiger partial charge in [0, 0.05) is 37.6 Å². The SMILES string of the molecule is CCNC(=NCCOCCS(C)(=O)=O)NC1CCN(c2ccccc2)CC1.I. The van der Waals surface area contributed by atoms with Crippen LogP contribution >= 0.6 is 24.0 Å². The molecule has 0 bridgehead atoms. The van der Waals surface area contributed by atoms with Gasteiger partial charge in [-0.25, -0.2) is 8.42 Å². The zero-order valence-electron chi connectivity index (χ0n) is 16.8. The first-order valence-corrected chi connectivity index (χ1v) is 11.6. The van der Waals surface area contributed by atoms with Gasteiger partial charge >= 0.3 is 0 Å². The van der Waals surface area contributed by atoms with Crippen LogP contribution in [0.3, 0.4) is 0 Å². The summed E-state index contributed by atoms with van der Waals surface area (Å²) >= 11 is 0. The molecule has 9 heteroatoms. The number of ether oxygens (including phenoxy) is 1. The lowest BCUT2D eigenvalue weighted by Gasteiger charge is -2.34. The molecule has 1 aliphatic heterocycles. The summed E-state index contributed by atoms with van der Waals surface area (Å²) in [5.41, 5.74) is 1.28. The number of nitrogens with zero attached hydrogens (tertiary/aromatic N) is 2. The van der Waals surface area contributed by atoms with Crippen LogP contribution in [0.2, 0.25) is 0 Å². The largest absolute Gasteiger partial charge is 0.378 e. The molecule has 1 aliphatic rings. The lowest BCUT2D eigenvalue weighted by Crippen LogP contribution is -2.48. The number of sulfone groups is 1. The van der Waals surface area contributed by atoms with Gasteiger partial charge in [-0.2, -0.15) is 0 Å². The first-order valence-electron chi connectivity index (χ1n) is 9.58. The quantitative estimate of drug-likeness (QED) is 0.222. The van der Waals surface area contributed by atoms with Crippen LogP contribution in [0, 0.1) is 0 Å². The number of rotatable bonds is 9. The molecule has 7 nitrogen and oxygen atoms in total. The van der Waals surface area contributed by atoms with E-state index in [1.54, 1.807) is 0 Å². The number of aliphatic imine (C=N–C) groups is 1. The molecule has 0 radical (unpaired) electrons. The van der Waals surface area contributed by atoms with Crippen molar-refractivity contribution in [1.29, 1.82) is 0 Å². The number of nitrogens with one attached hydrogen (secondary N) is 2. The van der Waals surface area contributed by atoms with Gasteiger partial charge in [0.15, 0.2) is 5.96 Å². The predicted octanol–water partition coefficient (Wildman–Crippen LogP) is 1.89. The van der Waals surface area contributed by atoms with E-state index in [1.807, 2.05) is 13.0 Å². The van der Waals surface area contributed by atoms with Crippen LogP contribution in [0.15, 0.2) is 35.3 Å². The van der Waals surface area contributed by atoms with Gasteiger partial charge in [-0.3, -0.25) is 4.99 Å². The van der Waals surface area contributed by atoms with E-state index in [0.29, 0.717) is 19.2 Å². The van der Waals surface area contributed by atoms with Gasteiger partial charge in [0.1, 0.15) is 9.84 Å². The van der Waals surface area contributed by atoms with Gasteiger partial charge in [-0.1, -0.05) is 18.2 Å². The fourth-order valence-electron chi connectivity index (χ4n) is 2.97. The fourth-order valence-corrected chi connectivity index (χ4v) is 3.39. The monoisotopic (exact) mass is 524 g/mol. The van der Waals surface area contributed by atoms with Crippen LogP contribution < -0.4 is 15.5 Å². The highest BCUT2D eigenvalue weighted by Crippen LogP contribution is 2.19. The van der Waals surface area contributed by atoms with Crippen LogP contribution in [0.1, 0.15) is 19.8 Å². The average Bonchev–Trinajstić information content (AvgIpc) is 2.65. The topological polar surface area (TPSA) is 83.0 Å². The third-order valence-corrected chi connectivity index (χ3v) is 5.31. The van der Waals surface area contributed by atoms with Crippen molar-refractivity contribution in [2.24, 2.45) is 4.99 Å². The predicted molar refractivity (Wildman–Crippen MR) is 127 cm³/mol. The third kappa shape index (κ3) is 9.92. The van der Waals surface area contributed by atoms with E-state index in [2.05, 4.69) is 44.8 Å². The third-order valence-electron chi connectivity index (χ3n) is 4.41. The molecule has 1 fully saturated rings. The van der Waals surface area contributed by atoms with Gasteiger partial charge in [-0.05, 0) is 31.9 Å². The number of anilines is 1. The molecule has 0 unspecified atom stereocenters. The Morgan fingerprint density at radius 1 is 1.21 bits per heavy atom. The molecule has 1 saturated heterocycles. The number of para-hydroxylation sites is 1. The van der Waals surface area contributed by atoms with E-state index in [1.165, 1.54) is 11.9 Å². The molecular formula is C19H33IN4O3S. The Balaban J connectivity index is 0.00000392. The minimum atomic E-state index is -2.97. The van der Waals surface area contributed by atoms with Crippen molar-refractivity contribution in [3.05, 3.63) is 30.3 Å². The van der Waals surface area contributed by atoms with E-state index in [-0.39, 0.29) is 36.3 Å². The molecule has 0 amide bonds. The van der Waals surface area contributed by atoms with Gasteiger partial charge in [0.2, 0.25) is 0 Å². The first-order chi connectivity index (χ1) is 13.0. The number of hydrogen-bond acceptors (Lipinski definition) is 5. The second-order valence-corrected chi connectivity index (χ2v) is 9.00. The zero-order valence-corrected chi connectivity index (χ0v) is 19.9. The minimum Gasteiger partial charge on any atom is -0.378 e. The average molecular weight is 524 g/mol. The minimum absolute atomic E-state index is 0. The Hall–Kier alpha value is -1.07. The number of hydrogen-bond donors (Lipinski definition) is 2. The van der Waals surface area contributed by atoms with Crippen molar-refractivity contribution in [3.8, 4) is 0 Å². The van der Waals surface area contributed by atoms with Crippen LogP contribution in [-0.4, -0.2) is 71.8 Å². The normalized spacial score (nSPS) is 15.8. The number of guanidine groups is 1. The van der Waals surface area contributed by atoms with Crippen LogP contribution in [0.4, 0.5) is 5.69 Å². The molecule has 2 rings (SSSR count). The Bertz CT molecular complexity index is 678. The Kier molecular flexibility index (Phi) is 11.8. The Morgan fingerprint density at radius 3 is 2.50 bits per heavy atom. The molecule has 0 aromatic heterocycles.